The molecule has 0 spiro atoms. The normalized spacial score (nSPS) is 14.0. The lowest BCUT2D eigenvalue weighted by molar-refractivity contribution is -0.143. The van der Waals surface area contributed by atoms with E-state index in [1.807, 2.05) is 0 Å². The van der Waals surface area contributed by atoms with Crippen LogP contribution in [0.5, 0.6) is 0 Å². The Morgan fingerprint density at radius 3 is 1.52 bits per heavy atom. The van der Waals surface area contributed by atoms with Crippen LogP contribution in [0.3, 0.4) is 0 Å². The van der Waals surface area contributed by atoms with Gasteiger partial charge in [0, 0.05) is 53.5 Å². The Labute approximate surface area is 359 Å². The van der Waals surface area contributed by atoms with E-state index in [4.69, 9.17) is 11.5 Å². The molecule has 0 bridgehead atoms. The topological polar surface area (TPSA) is 370 Å². The van der Waals surface area contributed by atoms with Crippen LogP contribution in [0.2, 0.25) is 0 Å². The van der Waals surface area contributed by atoms with Gasteiger partial charge < -0.3 is 68.7 Å². The molecule has 0 aliphatic rings. The smallest absolute Gasteiger partial charge is 0.326 e. The summed E-state index contributed by atoms with van der Waals surface area (Å²) in [5, 5.41) is 45.3. The first kappa shape index (κ1) is 48.3. The van der Waals surface area contributed by atoms with E-state index in [2.05, 4.69) is 41.9 Å². The van der Waals surface area contributed by atoms with Crippen molar-refractivity contribution in [2.45, 2.75) is 82.2 Å². The van der Waals surface area contributed by atoms with Gasteiger partial charge in [-0.3, -0.25) is 38.4 Å². The molecule has 0 aliphatic carbocycles. The summed E-state index contributed by atoms with van der Waals surface area (Å²) in [6, 6.07) is 4.56. The molecule has 4 aromatic rings. The van der Waals surface area contributed by atoms with Gasteiger partial charge in [-0.05, 0) is 35.6 Å². The quantitative estimate of drug-likeness (QED) is 0.0355. The number of carboxylic acid groups (broad SMARTS) is 2. The Bertz CT molecular complexity index is 2320. The second-order valence-electron chi connectivity index (χ2n) is 15.1. The molecular weight excluding hydrogens is 825 g/mol. The summed E-state index contributed by atoms with van der Waals surface area (Å²) in [4.78, 5) is 122. The maximum Gasteiger partial charge on any atom is 0.326 e. The monoisotopic (exact) mass is 876 g/mol. The van der Waals surface area contributed by atoms with E-state index in [1.54, 1.807) is 74.8 Å². The van der Waals surface area contributed by atoms with Crippen LogP contribution in [-0.2, 0) is 56.0 Å². The van der Waals surface area contributed by atoms with Crippen molar-refractivity contribution >= 4 is 75.1 Å². The number of benzene rings is 2. The third-order valence-corrected chi connectivity index (χ3v) is 10.0. The van der Waals surface area contributed by atoms with Crippen LogP contribution in [-0.4, -0.2) is 128 Å². The van der Waals surface area contributed by atoms with E-state index in [0.717, 1.165) is 0 Å². The fourth-order valence-corrected chi connectivity index (χ4v) is 6.70. The van der Waals surface area contributed by atoms with Crippen LogP contribution in [0, 0.1) is 5.92 Å². The van der Waals surface area contributed by atoms with E-state index in [0.29, 0.717) is 32.9 Å². The van der Waals surface area contributed by atoms with Gasteiger partial charge in [0.2, 0.25) is 41.4 Å². The number of carboxylic acids is 2. The number of rotatable bonds is 24. The van der Waals surface area contributed by atoms with Crippen molar-refractivity contribution in [2.75, 3.05) is 13.2 Å². The highest BCUT2D eigenvalue weighted by atomic mass is 16.4. The number of hydrogen-bond acceptors (Lipinski definition) is 11. The lowest BCUT2D eigenvalue weighted by atomic mass is 10.0. The largest absolute Gasteiger partial charge is 0.481 e. The molecule has 0 aliphatic heterocycles. The number of H-pyrrole nitrogens is 2. The first-order valence-electron chi connectivity index (χ1n) is 19.9. The van der Waals surface area contributed by atoms with Crippen molar-refractivity contribution in [3.05, 3.63) is 72.1 Å². The maximum atomic E-state index is 14.0. The molecule has 22 heteroatoms. The first-order chi connectivity index (χ1) is 29.9. The number of carbonyl (C=O) groups is 9. The number of aliphatic hydroxyl groups is 1. The number of aliphatic hydroxyl groups excluding tert-OH is 1. The van der Waals surface area contributed by atoms with Gasteiger partial charge in [-0.15, -0.1) is 0 Å². The predicted molar refractivity (Wildman–Crippen MR) is 225 cm³/mol. The highest BCUT2D eigenvalue weighted by Crippen LogP contribution is 2.21. The Morgan fingerprint density at radius 1 is 0.619 bits per heavy atom. The fraction of sp³-hybridized carbons (Fsp3) is 0.390. The lowest BCUT2D eigenvalue weighted by Gasteiger charge is -2.27. The Balaban J connectivity index is 1.59. The molecule has 2 heterocycles. The summed E-state index contributed by atoms with van der Waals surface area (Å²) in [5.41, 5.74) is 13.1. The maximum absolute atomic E-state index is 14.0. The van der Waals surface area contributed by atoms with E-state index in [9.17, 15) is 58.5 Å². The zero-order valence-corrected chi connectivity index (χ0v) is 34.4. The zero-order valence-electron chi connectivity index (χ0n) is 34.4. The Morgan fingerprint density at radius 2 is 1.06 bits per heavy atom. The molecule has 0 fully saturated rings. The molecule has 4 rings (SSSR count). The van der Waals surface area contributed by atoms with Crippen LogP contribution in [0.1, 0.15) is 44.2 Å². The predicted octanol–water partition coefficient (Wildman–Crippen LogP) is -2.22. The summed E-state index contributed by atoms with van der Waals surface area (Å²) < 4.78 is 0. The summed E-state index contributed by atoms with van der Waals surface area (Å²) in [5.74, 6) is -10.3. The number of aliphatic carboxylic acids is 2. The van der Waals surface area contributed by atoms with Crippen molar-refractivity contribution < 1.29 is 58.5 Å². The summed E-state index contributed by atoms with van der Waals surface area (Å²) in [6.07, 6.45) is 1.11. The van der Waals surface area contributed by atoms with E-state index in [1.165, 1.54) is 0 Å². The van der Waals surface area contributed by atoms with Crippen LogP contribution >= 0.6 is 0 Å². The SMILES string of the molecule is CC(C)[C@H](NC(=O)[C@H](Cc1c[nH]c2ccccc12)NC(=O)[C@H](CO)NC(=O)[C@H](CC(=O)O)NC(=O)[C@H](Cc1c[nH]c2ccccc12)NC(=O)[C@H](CCC(N)=O)NC(=O)CN)C(=O)O. The van der Waals surface area contributed by atoms with Gasteiger partial charge in [0.05, 0.1) is 19.6 Å². The summed E-state index contributed by atoms with van der Waals surface area (Å²) >= 11 is 0. The van der Waals surface area contributed by atoms with Crippen molar-refractivity contribution in [1.29, 1.82) is 0 Å². The van der Waals surface area contributed by atoms with E-state index < -0.39 is 115 Å². The molecule has 6 atom stereocenters. The van der Waals surface area contributed by atoms with Gasteiger partial charge in [0.15, 0.2) is 0 Å². The number of nitrogens with two attached hydrogens (primary N) is 2. The van der Waals surface area contributed by atoms with Crippen molar-refractivity contribution in [2.24, 2.45) is 17.4 Å². The second-order valence-corrected chi connectivity index (χ2v) is 15.1. The molecule has 0 unspecified atom stereocenters. The molecule has 2 aromatic carbocycles. The highest BCUT2D eigenvalue weighted by molar-refractivity contribution is 5.99. The van der Waals surface area contributed by atoms with E-state index in [-0.39, 0.29) is 25.7 Å². The molecular formula is C41H52N10O12. The average molecular weight is 877 g/mol. The van der Waals surface area contributed by atoms with Gasteiger partial charge in [0.1, 0.15) is 36.3 Å². The zero-order chi connectivity index (χ0) is 46.4. The molecule has 63 heavy (non-hydrogen) atoms. The number of primary amides is 1. The molecule has 0 saturated carbocycles. The van der Waals surface area contributed by atoms with Crippen LogP contribution < -0.4 is 43.4 Å². The van der Waals surface area contributed by atoms with Gasteiger partial charge in [-0.2, -0.15) is 0 Å². The lowest BCUT2D eigenvalue weighted by Crippen LogP contribution is -2.61. The number of fused-ring (bicyclic) bond motifs is 2. The summed E-state index contributed by atoms with van der Waals surface area (Å²) in [7, 11) is 0. The van der Waals surface area contributed by atoms with Crippen molar-refractivity contribution in [3.8, 4) is 0 Å². The standard InChI is InChI=1S/C41H52N10O12/c1-20(2)35(41(62)63)51-39(60)29(14-22-18-45-26-10-6-4-8-24(22)26)48-40(61)31(19-52)50-38(59)30(15-34(55)56)49-37(58)28(13-21-17-44-25-9-5-3-7-23(21)25)47-36(57)27(11-12-32(43)53)46-33(54)16-42/h3-10,17-18,20,27-31,35,44-45,52H,11-16,19,42H2,1-2H3,(H2,43,53)(H,46,54)(H,47,57)(H,48,61)(H,49,58)(H,50,59)(H,51,60)(H,55,56)(H,62,63)/t27-,28-,29-,30-,31-,35-/m0/s1. The molecule has 22 nitrogen and oxygen atoms in total. The minimum absolute atomic E-state index is 0.168. The number of carbonyl (C=O) groups excluding carboxylic acids is 7. The molecule has 338 valence electrons. The average Bonchev–Trinajstić information content (AvgIpc) is 3.85. The minimum Gasteiger partial charge on any atom is -0.481 e. The number of hydrogen-bond donors (Lipinski definition) is 13. The molecule has 2 aromatic heterocycles. The fourth-order valence-electron chi connectivity index (χ4n) is 6.70. The molecule has 0 saturated heterocycles. The number of para-hydroxylation sites is 2. The third-order valence-electron chi connectivity index (χ3n) is 10.0. The minimum atomic E-state index is -1.92. The highest BCUT2D eigenvalue weighted by Gasteiger charge is 2.35. The van der Waals surface area contributed by atoms with Crippen molar-refractivity contribution in [1.82, 2.24) is 41.9 Å². The first-order valence-corrected chi connectivity index (χ1v) is 19.9. The number of aromatic nitrogens is 2. The van der Waals surface area contributed by atoms with Crippen LogP contribution in [0.15, 0.2) is 60.9 Å². The second kappa shape index (κ2) is 22.5. The van der Waals surface area contributed by atoms with Crippen LogP contribution in [0.4, 0.5) is 0 Å². The van der Waals surface area contributed by atoms with Crippen molar-refractivity contribution in [3.63, 3.8) is 0 Å². The molecule has 7 amide bonds. The number of aromatic amines is 2. The van der Waals surface area contributed by atoms with E-state index >= 15 is 0 Å². The van der Waals surface area contributed by atoms with Gasteiger partial charge in [-0.1, -0.05) is 50.2 Å². The van der Waals surface area contributed by atoms with Gasteiger partial charge in [0.25, 0.3) is 0 Å². The van der Waals surface area contributed by atoms with Gasteiger partial charge in [-0.25, -0.2) is 4.79 Å². The molecule has 0 radical (unpaired) electrons. The number of amides is 7. The Hall–Kier alpha value is -7.33. The van der Waals surface area contributed by atoms with Crippen LogP contribution in [0.25, 0.3) is 21.8 Å². The molecule has 15 N–H and O–H groups in total. The van der Waals surface area contributed by atoms with Gasteiger partial charge >= 0.3 is 11.9 Å². The summed E-state index contributed by atoms with van der Waals surface area (Å²) in [6.45, 7) is 1.55. The Kier molecular flexibility index (Phi) is 17.3. The third kappa shape index (κ3) is 13.6. The number of nitrogens with one attached hydrogen (secondary N) is 8.